The third-order valence-corrected chi connectivity index (χ3v) is 3.73. The molecular weight excluding hydrogens is 248 g/mol. The van der Waals surface area contributed by atoms with E-state index in [1.165, 1.54) is 6.33 Å². The fourth-order valence-corrected chi connectivity index (χ4v) is 2.52. The van der Waals surface area contributed by atoms with Gasteiger partial charge in [-0.3, -0.25) is 14.7 Å². The largest absolute Gasteiger partial charge is 0.481 e. The summed E-state index contributed by atoms with van der Waals surface area (Å²) in [5, 5.41) is 18.3. The molecule has 1 aromatic rings. The van der Waals surface area contributed by atoms with E-state index in [1.54, 1.807) is 0 Å². The minimum absolute atomic E-state index is 0.171. The van der Waals surface area contributed by atoms with Gasteiger partial charge in [-0.25, -0.2) is 4.98 Å². The highest BCUT2D eigenvalue weighted by molar-refractivity contribution is 5.91. The summed E-state index contributed by atoms with van der Waals surface area (Å²) in [6, 6.07) is 0. The van der Waals surface area contributed by atoms with E-state index in [1.807, 2.05) is 13.8 Å². The predicted molar refractivity (Wildman–Crippen MR) is 66.1 cm³/mol. The first-order valence-corrected chi connectivity index (χ1v) is 6.29. The minimum Gasteiger partial charge on any atom is -0.481 e. The van der Waals surface area contributed by atoms with Crippen molar-refractivity contribution in [3.8, 4) is 0 Å². The summed E-state index contributed by atoms with van der Waals surface area (Å²) in [6.45, 7) is 4.13. The van der Waals surface area contributed by atoms with Crippen LogP contribution in [-0.4, -0.2) is 38.7 Å². The number of carbonyl (C=O) groups is 2. The highest BCUT2D eigenvalue weighted by Gasteiger charge is 2.65. The lowest BCUT2D eigenvalue weighted by Crippen LogP contribution is -2.28. The molecule has 1 aromatic heterocycles. The molecule has 0 radical (unpaired) electrons. The molecule has 7 nitrogen and oxygen atoms in total. The zero-order valence-electron chi connectivity index (χ0n) is 11.0. The predicted octanol–water partition coefficient (Wildman–Crippen LogP) is 0.210. The van der Waals surface area contributed by atoms with Gasteiger partial charge in [0.05, 0.1) is 11.8 Å². The Morgan fingerprint density at radius 1 is 1.47 bits per heavy atom. The standard InChI is InChI=1S/C12H18N4O3/c1-12(2)8(9(12)11(18)19)10(17)13-5-3-4-7-14-6-15-16-7/h6,8-9H,3-5H2,1-2H3,(H,13,17)(H,18,19)(H,14,15,16). The van der Waals surface area contributed by atoms with Gasteiger partial charge in [-0.1, -0.05) is 13.8 Å². The smallest absolute Gasteiger partial charge is 0.307 e. The van der Waals surface area contributed by atoms with Crippen LogP contribution >= 0.6 is 0 Å². The molecule has 7 heteroatoms. The number of carboxylic acid groups (broad SMARTS) is 1. The molecule has 1 aliphatic rings. The lowest BCUT2D eigenvalue weighted by atomic mass is 10.1. The van der Waals surface area contributed by atoms with Crippen molar-refractivity contribution in [2.75, 3.05) is 6.54 Å². The van der Waals surface area contributed by atoms with Crippen molar-refractivity contribution >= 4 is 11.9 Å². The van der Waals surface area contributed by atoms with Crippen molar-refractivity contribution in [1.82, 2.24) is 20.5 Å². The molecule has 0 aromatic carbocycles. The number of carboxylic acids is 1. The Kier molecular flexibility index (Phi) is 3.55. The Bertz CT molecular complexity index is 469. The maximum atomic E-state index is 11.9. The Hall–Kier alpha value is -1.92. The van der Waals surface area contributed by atoms with Crippen LogP contribution in [0.1, 0.15) is 26.1 Å². The maximum Gasteiger partial charge on any atom is 0.307 e. The highest BCUT2D eigenvalue weighted by atomic mass is 16.4. The number of aliphatic carboxylic acids is 1. The van der Waals surface area contributed by atoms with Crippen LogP contribution in [0.3, 0.4) is 0 Å². The van der Waals surface area contributed by atoms with E-state index in [0.717, 1.165) is 12.2 Å². The fraction of sp³-hybridized carbons (Fsp3) is 0.667. The maximum absolute atomic E-state index is 11.9. The molecule has 2 atom stereocenters. The number of nitrogens with one attached hydrogen (secondary N) is 2. The molecule has 1 saturated carbocycles. The number of hydrogen-bond donors (Lipinski definition) is 3. The van der Waals surface area contributed by atoms with Crippen LogP contribution in [-0.2, 0) is 16.0 Å². The van der Waals surface area contributed by atoms with Gasteiger partial charge in [-0.2, -0.15) is 5.10 Å². The number of hydrogen-bond acceptors (Lipinski definition) is 4. The van der Waals surface area contributed by atoms with Gasteiger partial charge in [0.1, 0.15) is 12.2 Å². The third kappa shape index (κ3) is 2.74. The molecule has 0 saturated heterocycles. The molecule has 3 N–H and O–H groups in total. The number of amides is 1. The fourth-order valence-electron chi connectivity index (χ4n) is 2.52. The van der Waals surface area contributed by atoms with E-state index in [9.17, 15) is 9.59 Å². The zero-order valence-corrected chi connectivity index (χ0v) is 11.0. The van der Waals surface area contributed by atoms with Gasteiger partial charge in [0.15, 0.2) is 0 Å². The van der Waals surface area contributed by atoms with Gasteiger partial charge in [0, 0.05) is 13.0 Å². The van der Waals surface area contributed by atoms with Crippen LogP contribution in [0.5, 0.6) is 0 Å². The van der Waals surface area contributed by atoms with E-state index < -0.39 is 23.2 Å². The van der Waals surface area contributed by atoms with Crippen molar-refractivity contribution < 1.29 is 14.7 Å². The Labute approximate surface area is 110 Å². The van der Waals surface area contributed by atoms with Gasteiger partial charge in [0.25, 0.3) is 0 Å². The van der Waals surface area contributed by atoms with Crippen molar-refractivity contribution in [2.45, 2.75) is 26.7 Å². The molecule has 2 rings (SSSR count). The van der Waals surface area contributed by atoms with Crippen LogP contribution in [0.15, 0.2) is 6.33 Å². The molecule has 2 unspecified atom stereocenters. The zero-order chi connectivity index (χ0) is 14.0. The van der Waals surface area contributed by atoms with E-state index in [4.69, 9.17) is 5.11 Å². The Morgan fingerprint density at radius 2 is 2.21 bits per heavy atom. The van der Waals surface area contributed by atoms with Crippen LogP contribution in [0, 0.1) is 17.3 Å². The second-order valence-corrected chi connectivity index (χ2v) is 5.44. The first-order valence-electron chi connectivity index (χ1n) is 6.29. The first kappa shape index (κ1) is 13.5. The van der Waals surface area contributed by atoms with Crippen LogP contribution in [0.25, 0.3) is 0 Å². The Morgan fingerprint density at radius 3 is 2.74 bits per heavy atom. The van der Waals surface area contributed by atoms with Gasteiger partial charge < -0.3 is 10.4 Å². The lowest BCUT2D eigenvalue weighted by Gasteiger charge is -2.05. The summed E-state index contributed by atoms with van der Waals surface area (Å²) in [4.78, 5) is 26.8. The van der Waals surface area contributed by atoms with Crippen molar-refractivity contribution in [1.29, 1.82) is 0 Å². The average molecular weight is 266 g/mol. The van der Waals surface area contributed by atoms with E-state index in [0.29, 0.717) is 13.0 Å². The van der Waals surface area contributed by atoms with Crippen LogP contribution in [0.2, 0.25) is 0 Å². The first-order chi connectivity index (χ1) is 8.94. The summed E-state index contributed by atoms with van der Waals surface area (Å²) in [5.41, 5.74) is -0.444. The number of aryl methyl sites for hydroxylation is 1. The summed E-state index contributed by atoms with van der Waals surface area (Å²) in [6.07, 6.45) is 2.89. The normalized spacial score (nSPS) is 23.9. The molecule has 1 fully saturated rings. The molecular formula is C12H18N4O3. The van der Waals surface area contributed by atoms with E-state index >= 15 is 0 Å². The van der Waals surface area contributed by atoms with Crippen LogP contribution < -0.4 is 5.32 Å². The van der Waals surface area contributed by atoms with E-state index in [2.05, 4.69) is 20.5 Å². The van der Waals surface area contributed by atoms with Crippen LogP contribution in [0.4, 0.5) is 0 Å². The molecule has 104 valence electrons. The van der Waals surface area contributed by atoms with E-state index in [-0.39, 0.29) is 5.91 Å². The van der Waals surface area contributed by atoms with Crippen molar-refractivity contribution in [2.24, 2.45) is 17.3 Å². The second-order valence-electron chi connectivity index (χ2n) is 5.44. The molecule has 0 spiro atoms. The lowest BCUT2D eigenvalue weighted by molar-refractivity contribution is -0.140. The molecule has 1 amide bonds. The van der Waals surface area contributed by atoms with Crippen molar-refractivity contribution in [3.05, 3.63) is 12.2 Å². The summed E-state index contributed by atoms with van der Waals surface area (Å²) < 4.78 is 0. The molecule has 0 aliphatic heterocycles. The summed E-state index contributed by atoms with van der Waals surface area (Å²) in [5.74, 6) is -1.27. The van der Waals surface area contributed by atoms with Gasteiger partial charge in [-0.05, 0) is 11.8 Å². The highest BCUT2D eigenvalue weighted by Crippen LogP contribution is 2.58. The number of nitrogens with zero attached hydrogens (tertiary/aromatic N) is 2. The number of carbonyl (C=O) groups excluding carboxylic acids is 1. The molecule has 1 aliphatic carbocycles. The topological polar surface area (TPSA) is 108 Å². The third-order valence-electron chi connectivity index (χ3n) is 3.73. The van der Waals surface area contributed by atoms with Crippen molar-refractivity contribution in [3.63, 3.8) is 0 Å². The van der Waals surface area contributed by atoms with Gasteiger partial charge in [0.2, 0.25) is 5.91 Å². The molecule has 1 heterocycles. The number of rotatable bonds is 6. The average Bonchev–Trinajstić information content (AvgIpc) is 2.73. The monoisotopic (exact) mass is 266 g/mol. The summed E-state index contributed by atoms with van der Waals surface area (Å²) >= 11 is 0. The number of aromatic nitrogens is 3. The number of aromatic amines is 1. The molecule has 19 heavy (non-hydrogen) atoms. The second kappa shape index (κ2) is 4.99. The minimum atomic E-state index is -0.896. The SMILES string of the molecule is CC1(C)C(C(=O)O)C1C(=O)NCCCc1ncn[nH]1. The van der Waals surface area contributed by atoms with Gasteiger partial charge >= 0.3 is 5.97 Å². The quantitative estimate of drug-likeness (QED) is 0.638. The summed E-state index contributed by atoms with van der Waals surface area (Å²) in [7, 11) is 0. The Balaban J connectivity index is 1.72. The molecule has 0 bridgehead atoms. The van der Waals surface area contributed by atoms with Gasteiger partial charge in [-0.15, -0.1) is 0 Å². The number of H-pyrrole nitrogens is 1.